The lowest BCUT2D eigenvalue weighted by Gasteiger charge is -2.21. The number of carbonyl (C=O) groups excluding carboxylic acids is 1. The summed E-state index contributed by atoms with van der Waals surface area (Å²) in [7, 11) is -3.21. The van der Waals surface area contributed by atoms with Crippen molar-refractivity contribution in [3.05, 3.63) is 0 Å². The molecule has 1 heterocycles. The van der Waals surface area contributed by atoms with Gasteiger partial charge in [-0.2, -0.15) is 4.31 Å². The lowest BCUT2D eigenvalue weighted by molar-refractivity contribution is -0.110. The minimum atomic E-state index is -3.21. The Hall–Kier alpha value is -0.420. The number of hydrogen-bond acceptors (Lipinski definition) is 3. The highest BCUT2D eigenvalue weighted by molar-refractivity contribution is 7.88. The Bertz CT molecular complexity index is 272. The smallest absolute Gasteiger partial charge is 0.212 e. The third-order valence-corrected chi connectivity index (χ3v) is 3.58. The third kappa shape index (κ3) is 1.67. The molecule has 0 aromatic carbocycles. The van der Waals surface area contributed by atoms with Crippen LogP contribution in [0.15, 0.2) is 0 Å². The Morgan fingerprint density at radius 1 is 1.42 bits per heavy atom. The molecule has 1 fully saturated rings. The summed E-state index contributed by atoms with van der Waals surface area (Å²) in [6.45, 7) is 1.82. The van der Waals surface area contributed by atoms with Gasteiger partial charge in [-0.1, -0.05) is 0 Å². The van der Waals surface area contributed by atoms with Gasteiger partial charge in [0, 0.05) is 6.04 Å². The molecule has 0 spiro atoms. The zero-order valence-corrected chi connectivity index (χ0v) is 8.04. The monoisotopic (exact) mass is 191 g/mol. The van der Waals surface area contributed by atoms with Gasteiger partial charge in [-0.25, -0.2) is 8.42 Å². The van der Waals surface area contributed by atoms with Crippen molar-refractivity contribution in [2.45, 2.75) is 31.8 Å². The Morgan fingerprint density at radius 3 is 2.33 bits per heavy atom. The van der Waals surface area contributed by atoms with Gasteiger partial charge in [0.05, 0.1) is 12.3 Å². The molecule has 2 unspecified atom stereocenters. The average molecular weight is 191 g/mol. The van der Waals surface area contributed by atoms with E-state index in [0.29, 0.717) is 12.7 Å². The highest BCUT2D eigenvalue weighted by atomic mass is 32.2. The summed E-state index contributed by atoms with van der Waals surface area (Å²) in [5.74, 6) is 0. The molecule has 1 saturated heterocycles. The predicted octanol–water partition coefficient (Wildman–Crippen LogP) is -0.00220. The van der Waals surface area contributed by atoms with E-state index in [-0.39, 0.29) is 6.04 Å². The maximum absolute atomic E-state index is 11.2. The van der Waals surface area contributed by atoms with Gasteiger partial charge in [0.15, 0.2) is 0 Å². The number of rotatable bonds is 2. The molecule has 0 N–H and O–H groups in total. The topological polar surface area (TPSA) is 54.5 Å². The molecule has 1 rings (SSSR count). The molecular formula is C7H13NO3S. The van der Waals surface area contributed by atoms with Crippen LogP contribution in [0.5, 0.6) is 0 Å². The quantitative estimate of drug-likeness (QED) is 0.577. The van der Waals surface area contributed by atoms with Crippen molar-refractivity contribution in [2.75, 3.05) is 6.26 Å². The van der Waals surface area contributed by atoms with Crippen molar-refractivity contribution in [3.63, 3.8) is 0 Å². The first-order valence-electron chi connectivity index (χ1n) is 3.90. The summed E-state index contributed by atoms with van der Waals surface area (Å²) in [6.07, 6.45) is 3.28. The van der Waals surface area contributed by atoms with Gasteiger partial charge in [-0.05, 0) is 19.8 Å². The zero-order chi connectivity index (χ0) is 9.35. The van der Waals surface area contributed by atoms with E-state index in [1.54, 1.807) is 0 Å². The van der Waals surface area contributed by atoms with Gasteiger partial charge in [-0.15, -0.1) is 0 Å². The fourth-order valence-corrected chi connectivity index (χ4v) is 3.10. The Labute approximate surface area is 72.6 Å². The maximum atomic E-state index is 11.2. The number of nitrogens with zero attached hydrogens (tertiary/aromatic N) is 1. The van der Waals surface area contributed by atoms with Crippen LogP contribution in [0, 0.1) is 0 Å². The molecule has 0 aromatic rings. The number of aldehydes is 1. The standard InChI is InChI=1S/C7H13NO3S/c1-6-3-4-7(5-9)8(6)12(2,10)11/h5-7H,3-4H2,1-2H3. The summed E-state index contributed by atoms with van der Waals surface area (Å²) >= 11 is 0. The minimum Gasteiger partial charge on any atom is -0.302 e. The summed E-state index contributed by atoms with van der Waals surface area (Å²) < 4.78 is 23.7. The molecule has 70 valence electrons. The van der Waals surface area contributed by atoms with Crippen LogP contribution in [0.2, 0.25) is 0 Å². The molecule has 0 bridgehead atoms. The van der Waals surface area contributed by atoms with Crippen LogP contribution in [0.3, 0.4) is 0 Å². The second-order valence-electron chi connectivity index (χ2n) is 3.22. The number of carbonyl (C=O) groups is 1. The summed E-state index contributed by atoms with van der Waals surface area (Å²) in [4.78, 5) is 10.5. The van der Waals surface area contributed by atoms with E-state index in [2.05, 4.69) is 0 Å². The van der Waals surface area contributed by atoms with Crippen LogP contribution in [-0.2, 0) is 14.8 Å². The molecule has 0 amide bonds. The number of sulfonamides is 1. The zero-order valence-electron chi connectivity index (χ0n) is 7.23. The summed E-state index contributed by atoms with van der Waals surface area (Å²) in [6, 6.07) is -0.467. The van der Waals surface area contributed by atoms with E-state index in [9.17, 15) is 13.2 Å². The van der Waals surface area contributed by atoms with Crippen molar-refractivity contribution < 1.29 is 13.2 Å². The second-order valence-corrected chi connectivity index (χ2v) is 5.11. The SMILES string of the molecule is CC1CCC(C=O)N1S(C)(=O)=O. The minimum absolute atomic E-state index is 0.0322. The van der Waals surface area contributed by atoms with Crippen LogP contribution >= 0.6 is 0 Å². The number of hydrogen-bond donors (Lipinski definition) is 0. The molecule has 1 aliphatic rings. The van der Waals surface area contributed by atoms with Gasteiger partial charge >= 0.3 is 0 Å². The van der Waals surface area contributed by atoms with Crippen LogP contribution in [0.4, 0.5) is 0 Å². The molecular weight excluding hydrogens is 178 g/mol. The summed E-state index contributed by atoms with van der Waals surface area (Å²) in [5, 5.41) is 0. The fraction of sp³-hybridized carbons (Fsp3) is 0.857. The van der Waals surface area contributed by atoms with Gasteiger partial charge in [-0.3, -0.25) is 0 Å². The third-order valence-electron chi connectivity index (χ3n) is 2.18. The van der Waals surface area contributed by atoms with E-state index in [1.165, 1.54) is 4.31 Å². The fourth-order valence-electron chi connectivity index (χ4n) is 1.69. The van der Waals surface area contributed by atoms with Crippen molar-refractivity contribution >= 4 is 16.3 Å². The lowest BCUT2D eigenvalue weighted by Crippen LogP contribution is -2.39. The summed E-state index contributed by atoms with van der Waals surface area (Å²) in [5.41, 5.74) is 0. The Morgan fingerprint density at radius 2 is 2.00 bits per heavy atom. The van der Waals surface area contributed by atoms with E-state index in [4.69, 9.17) is 0 Å². The van der Waals surface area contributed by atoms with E-state index in [0.717, 1.165) is 12.7 Å². The van der Waals surface area contributed by atoms with E-state index >= 15 is 0 Å². The lowest BCUT2D eigenvalue weighted by atomic mass is 10.2. The first kappa shape index (κ1) is 9.67. The maximum Gasteiger partial charge on any atom is 0.212 e. The van der Waals surface area contributed by atoms with Gasteiger partial charge < -0.3 is 4.79 Å². The molecule has 4 nitrogen and oxygen atoms in total. The molecule has 0 radical (unpaired) electrons. The van der Waals surface area contributed by atoms with Crippen LogP contribution < -0.4 is 0 Å². The molecule has 12 heavy (non-hydrogen) atoms. The molecule has 0 aromatic heterocycles. The molecule has 5 heteroatoms. The van der Waals surface area contributed by atoms with Crippen molar-refractivity contribution in [2.24, 2.45) is 0 Å². The average Bonchev–Trinajstić information content (AvgIpc) is 2.29. The van der Waals surface area contributed by atoms with E-state index in [1.807, 2.05) is 6.92 Å². The van der Waals surface area contributed by atoms with Crippen molar-refractivity contribution in [1.82, 2.24) is 4.31 Å². The van der Waals surface area contributed by atoms with Crippen molar-refractivity contribution in [1.29, 1.82) is 0 Å². The van der Waals surface area contributed by atoms with Crippen LogP contribution in [0.1, 0.15) is 19.8 Å². The van der Waals surface area contributed by atoms with Gasteiger partial charge in [0.2, 0.25) is 10.0 Å². The van der Waals surface area contributed by atoms with Crippen LogP contribution in [-0.4, -0.2) is 37.3 Å². The van der Waals surface area contributed by atoms with Crippen LogP contribution in [0.25, 0.3) is 0 Å². The normalized spacial score (nSPS) is 32.2. The van der Waals surface area contributed by atoms with E-state index < -0.39 is 16.1 Å². The Balaban J connectivity index is 2.92. The Kier molecular flexibility index (Phi) is 2.53. The first-order valence-corrected chi connectivity index (χ1v) is 5.75. The van der Waals surface area contributed by atoms with Gasteiger partial charge in [0.25, 0.3) is 0 Å². The molecule has 0 aliphatic carbocycles. The van der Waals surface area contributed by atoms with Crippen molar-refractivity contribution in [3.8, 4) is 0 Å². The largest absolute Gasteiger partial charge is 0.302 e. The predicted molar refractivity (Wildman–Crippen MR) is 45.2 cm³/mol. The highest BCUT2D eigenvalue weighted by Crippen LogP contribution is 2.24. The molecule has 1 aliphatic heterocycles. The molecule has 0 saturated carbocycles. The highest BCUT2D eigenvalue weighted by Gasteiger charge is 2.36. The first-order chi connectivity index (χ1) is 5.46. The van der Waals surface area contributed by atoms with Gasteiger partial charge in [0.1, 0.15) is 6.29 Å². The second kappa shape index (κ2) is 3.14. The molecule has 2 atom stereocenters.